The van der Waals surface area contributed by atoms with Crippen molar-refractivity contribution in [2.75, 3.05) is 13.2 Å². The normalized spacial score (nSPS) is 13.9. The van der Waals surface area contributed by atoms with Crippen molar-refractivity contribution in [2.24, 2.45) is 0 Å². The molecule has 0 aliphatic carbocycles. The first-order valence-corrected chi connectivity index (χ1v) is 4.59. The molecule has 0 spiro atoms. The van der Waals surface area contributed by atoms with E-state index in [1.807, 2.05) is 19.1 Å². The van der Waals surface area contributed by atoms with Gasteiger partial charge in [-0.3, -0.25) is 4.79 Å². The lowest BCUT2D eigenvalue weighted by molar-refractivity contribution is 0.100. The van der Waals surface area contributed by atoms with Crippen molar-refractivity contribution < 1.29 is 14.3 Å². The molecule has 74 valence electrons. The Labute approximate surface area is 82.6 Å². The van der Waals surface area contributed by atoms with Crippen LogP contribution in [0.3, 0.4) is 0 Å². The van der Waals surface area contributed by atoms with Crippen LogP contribution in [0.1, 0.15) is 22.8 Å². The van der Waals surface area contributed by atoms with Crippen LogP contribution in [0.4, 0.5) is 0 Å². The second-order valence-electron chi connectivity index (χ2n) is 3.39. The minimum Gasteiger partial charge on any atom is -0.486 e. The number of carbonyl (C=O) groups excluding carboxylic acids is 1. The summed E-state index contributed by atoms with van der Waals surface area (Å²) in [6.45, 7) is 4.53. The van der Waals surface area contributed by atoms with Crippen LogP contribution >= 0.6 is 0 Å². The number of benzene rings is 1. The summed E-state index contributed by atoms with van der Waals surface area (Å²) in [6.07, 6.45) is 0. The smallest absolute Gasteiger partial charge is 0.172 e. The summed E-state index contributed by atoms with van der Waals surface area (Å²) in [6, 6.07) is 3.72. The zero-order valence-electron chi connectivity index (χ0n) is 8.29. The molecule has 0 radical (unpaired) electrons. The molecule has 1 aliphatic rings. The lowest BCUT2D eigenvalue weighted by Gasteiger charge is -2.20. The van der Waals surface area contributed by atoms with Crippen molar-refractivity contribution in [1.82, 2.24) is 0 Å². The lowest BCUT2D eigenvalue weighted by Crippen LogP contribution is -2.17. The SMILES string of the molecule is CC(=O)c1cc(C)cc2c1OCCO2. The Morgan fingerprint density at radius 1 is 1.29 bits per heavy atom. The first-order chi connectivity index (χ1) is 6.68. The average Bonchev–Trinajstić information content (AvgIpc) is 2.16. The van der Waals surface area contributed by atoms with Gasteiger partial charge in [0, 0.05) is 0 Å². The zero-order valence-corrected chi connectivity index (χ0v) is 8.29. The molecule has 14 heavy (non-hydrogen) atoms. The molecule has 2 rings (SSSR count). The fourth-order valence-electron chi connectivity index (χ4n) is 1.55. The summed E-state index contributed by atoms with van der Waals surface area (Å²) in [7, 11) is 0. The standard InChI is InChI=1S/C11H12O3/c1-7-5-9(8(2)12)11-10(6-7)13-3-4-14-11/h5-6H,3-4H2,1-2H3. The molecular formula is C11H12O3. The van der Waals surface area contributed by atoms with Crippen molar-refractivity contribution in [3.63, 3.8) is 0 Å². The molecule has 0 unspecified atom stereocenters. The Morgan fingerprint density at radius 2 is 2.00 bits per heavy atom. The molecule has 3 nitrogen and oxygen atoms in total. The predicted molar refractivity (Wildman–Crippen MR) is 52.2 cm³/mol. The van der Waals surface area contributed by atoms with Crippen LogP contribution in [0.5, 0.6) is 11.5 Å². The van der Waals surface area contributed by atoms with E-state index in [-0.39, 0.29) is 5.78 Å². The summed E-state index contributed by atoms with van der Waals surface area (Å²) >= 11 is 0. The maximum Gasteiger partial charge on any atom is 0.172 e. The monoisotopic (exact) mass is 192 g/mol. The van der Waals surface area contributed by atoms with Crippen molar-refractivity contribution >= 4 is 5.78 Å². The third-order valence-electron chi connectivity index (χ3n) is 2.17. The fraction of sp³-hybridized carbons (Fsp3) is 0.364. The highest BCUT2D eigenvalue weighted by molar-refractivity contribution is 5.98. The van der Waals surface area contributed by atoms with Crippen molar-refractivity contribution in [3.05, 3.63) is 23.3 Å². The van der Waals surface area contributed by atoms with Gasteiger partial charge < -0.3 is 9.47 Å². The second kappa shape index (κ2) is 3.33. The maximum atomic E-state index is 11.3. The van der Waals surface area contributed by atoms with Crippen LogP contribution in [0.15, 0.2) is 12.1 Å². The van der Waals surface area contributed by atoms with Gasteiger partial charge in [-0.1, -0.05) is 0 Å². The molecule has 0 fully saturated rings. The van der Waals surface area contributed by atoms with Crippen LogP contribution in [-0.4, -0.2) is 19.0 Å². The van der Waals surface area contributed by atoms with E-state index < -0.39 is 0 Å². The van der Waals surface area contributed by atoms with Gasteiger partial charge in [0.25, 0.3) is 0 Å². The van der Waals surface area contributed by atoms with E-state index >= 15 is 0 Å². The molecule has 1 aromatic carbocycles. The van der Waals surface area contributed by atoms with Gasteiger partial charge in [-0.25, -0.2) is 0 Å². The van der Waals surface area contributed by atoms with Gasteiger partial charge in [-0.05, 0) is 31.5 Å². The van der Waals surface area contributed by atoms with Gasteiger partial charge in [0.1, 0.15) is 13.2 Å². The quantitative estimate of drug-likeness (QED) is 0.638. The molecule has 1 heterocycles. The van der Waals surface area contributed by atoms with Gasteiger partial charge >= 0.3 is 0 Å². The molecule has 1 aliphatic heterocycles. The van der Waals surface area contributed by atoms with E-state index in [4.69, 9.17) is 9.47 Å². The molecule has 3 heteroatoms. The highest BCUT2D eigenvalue weighted by Crippen LogP contribution is 2.35. The molecule has 0 amide bonds. The Bertz CT molecular complexity index is 382. The van der Waals surface area contributed by atoms with E-state index in [9.17, 15) is 4.79 Å². The van der Waals surface area contributed by atoms with Crippen LogP contribution in [0.2, 0.25) is 0 Å². The molecule has 0 saturated heterocycles. The van der Waals surface area contributed by atoms with Gasteiger partial charge in [-0.15, -0.1) is 0 Å². The topological polar surface area (TPSA) is 35.5 Å². The van der Waals surface area contributed by atoms with E-state index in [0.717, 1.165) is 5.56 Å². The number of hydrogen-bond donors (Lipinski definition) is 0. The van der Waals surface area contributed by atoms with Crippen molar-refractivity contribution in [1.29, 1.82) is 0 Å². The predicted octanol–water partition coefficient (Wildman–Crippen LogP) is 1.97. The minimum absolute atomic E-state index is 0.00968. The Kier molecular flexibility index (Phi) is 2.15. The first kappa shape index (κ1) is 9.06. The van der Waals surface area contributed by atoms with Crippen LogP contribution < -0.4 is 9.47 Å². The molecule has 0 N–H and O–H groups in total. The summed E-state index contributed by atoms with van der Waals surface area (Å²) in [5.41, 5.74) is 1.62. The molecule has 0 atom stereocenters. The molecular weight excluding hydrogens is 180 g/mol. The fourth-order valence-corrected chi connectivity index (χ4v) is 1.55. The van der Waals surface area contributed by atoms with Crippen LogP contribution in [0, 0.1) is 6.92 Å². The molecule has 0 aromatic heterocycles. The first-order valence-electron chi connectivity index (χ1n) is 4.59. The van der Waals surface area contributed by atoms with Crippen LogP contribution in [0.25, 0.3) is 0 Å². The van der Waals surface area contributed by atoms with Crippen molar-refractivity contribution in [2.45, 2.75) is 13.8 Å². The highest BCUT2D eigenvalue weighted by atomic mass is 16.6. The van der Waals surface area contributed by atoms with Gasteiger partial charge in [-0.2, -0.15) is 0 Å². The molecule has 0 saturated carbocycles. The number of Topliss-reactive ketones (excluding diaryl/α,β-unsaturated/α-hetero) is 1. The number of ether oxygens (including phenoxy) is 2. The number of hydrogen-bond acceptors (Lipinski definition) is 3. The molecule has 0 bridgehead atoms. The van der Waals surface area contributed by atoms with E-state index in [1.54, 1.807) is 0 Å². The van der Waals surface area contributed by atoms with E-state index in [2.05, 4.69) is 0 Å². The zero-order chi connectivity index (χ0) is 10.1. The second-order valence-corrected chi connectivity index (χ2v) is 3.39. The minimum atomic E-state index is 0.00968. The van der Waals surface area contributed by atoms with Gasteiger partial charge in [0.2, 0.25) is 0 Å². The third kappa shape index (κ3) is 1.45. The number of ketones is 1. The number of aryl methyl sites for hydroxylation is 1. The maximum absolute atomic E-state index is 11.3. The Hall–Kier alpha value is -1.51. The number of fused-ring (bicyclic) bond motifs is 1. The number of rotatable bonds is 1. The van der Waals surface area contributed by atoms with E-state index in [0.29, 0.717) is 30.3 Å². The van der Waals surface area contributed by atoms with Gasteiger partial charge in [0.05, 0.1) is 5.56 Å². The number of carbonyl (C=O) groups is 1. The average molecular weight is 192 g/mol. The highest BCUT2D eigenvalue weighted by Gasteiger charge is 2.18. The summed E-state index contributed by atoms with van der Waals surface area (Å²) < 4.78 is 10.8. The molecule has 1 aromatic rings. The van der Waals surface area contributed by atoms with E-state index in [1.165, 1.54) is 6.92 Å². The van der Waals surface area contributed by atoms with Crippen molar-refractivity contribution in [3.8, 4) is 11.5 Å². The Morgan fingerprint density at radius 3 is 2.71 bits per heavy atom. The Balaban J connectivity index is 2.58. The third-order valence-corrected chi connectivity index (χ3v) is 2.17. The van der Waals surface area contributed by atoms with Gasteiger partial charge in [0.15, 0.2) is 17.3 Å². The largest absolute Gasteiger partial charge is 0.486 e. The summed E-state index contributed by atoms with van der Waals surface area (Å²) in [5, 5.41) is 0. The summed E-state index contributed by atoms with van der Waals surface area (Å²) in [4.78, 5) is 11.3. The summed E-state index contributed by atoms with van der Waals surface area (Å²) in [5.74, 6) is 1.28. The lowest BCUT2D eigenvalue weighted by atomic mass is 10.1. The van der Waals surface area contributed by atoms with Crippen LogP contribution in [-0.2, 0) is 0 Å².